The van der Waals surface area contributed by atoms with Gasteiger partial charge in [-0.05, 0) is 49.9 Å². The Balaban J connectivity index is 1.85. The van der Waals surface area contributed by atoms with E-state index >= 15 is 0 Å². The smallest absolute Gasteiger partial charge is 0.242 e. The maximum Gasteiger partial charge on any atom is 0.242 e. The van der Waals surface area contributed by atoms with Crippen LogP contribution in [0.2, 0.25) is 0 Å². The fourth-order valence-corrected chi connectivity index (χ4v) is 3.51. The third-order valence-corrected chi connectivity index (χ3v) is 5.24. The third kappa shape index (κ3) is 4.50. The second-order valence-corrected chi connectivity index (χ2v) is 6.92. The number of amides is 2. The molecule has 1 saturated heterocycles. The van der Waals surface area contributed by atoms with Gasteiger partial charge in [0.25, 0.3) is 0 Å². The molecule has 2 N–H and O–H groups in total. The van der Waals surface area contributed by atoms with Gasteiger partial charge in [0.2, 0.25) is 11.8 Å². The van der Waals surface area contributed by atoms with Crippen LogP contribution < -0.4 is 10.6 Å². The van der Waals surface area contributed by atoms with E-state index in [-0.39, 0.29) is 23.9 Å². The van der Waals surface area contributed by atoms with Crippen LogP contribution in [-0.2, 0) is 9.59 Å². The molecule has 1 fully saturated rings. The first-order valence-electron chi connectivity index (χ1n) is 7.79. The first kappa shape index (κ1) is 16.9. The minimum Gasteiger partial charge on any atom is -0.351 e. The lowest BCUT2D eigenvalue weighted by Crippen LogP contribution is -2.46. The molecule has 0 bridgehead atoms. The minimum absolute atomic E-state index is 0.0299. The zero-order valence-electron chi connectivity index (χ0n) is 13.4. The van der Waals surface area contributed by atoms with Crippen molar-refractivity contribution in [3.05, 3.63) is 29.3 Å². The molecule has 0 radical (unpaired) electrons. The van der Waals surface area contributed by atoms with E-state index in [2.05, 4.69) is 49.6 Å². The van der Waals surface area contributed by atoms with Crippen molar-refractivity contribution >= 4 is 23.6 Å². The van der Waals surface area contributed by atoms with Gasteiger partial charge in [-0.1, -0.05) is 13.0 Å². The van der Waals surface area contributed by atoms with E-state index in [0.717, 1.165) is 12.2 Å². The lowest BCUT2D eigenvalue weighted by Gasteiger charge is -2.19. The topological polar surface area (TPSA) is 58.2 Å². The second kappa shape index (κ2) is 7.68. The van der Waals surface area contributed by atoms with E-state index in [1.807, 2.05) is 0 Å². The molecule has 22 heavy (non-hydrogen) atoms. The molecule has 5 heteroatoms. The quantitative estimate of drug-likeness (QED) is 0.792. The van der Waals surface area contributed by atoms with Gasteiger partial charge < -0.3 is 10.6 Å². The molecular weight excluding hydrogens is 296 g/mol. The van der Waals surface area contributed by atoms with Gasteiger partial charge in [-0.3, -0.25) is 9.59 Å². The number of benzene rings is 1. The monoisotopic (exact) mass is 320 g/mol. The number of hydrogen-bond acceptors (Lipinski definition) is 3. The van der Waals surface area contributed by atoms with E-state index < -0.39 is 0 Å². The molecule has 0 aliphatic carbocycles. The van der Waals surface area contributed by atoms with Crippen LogP contribution >= 0.6 is 11.8 Å². The number of rotatable bonds is 6. The normalized spacial score (nSPS) is 18.9. The Bertz CT molecular complexity index is 560. The number of thioether (sulfide) groups is 1. The number of nitrogens with one attached hydrogen (secondary N) is 2. The maximum absolute atomic E-state index is 12.1. The Morgan fingerprint density at radius 1 is 1.41 bits per heavy atom. The van der Waals surface area contributed by atoms with Gasteiger partial charge >= 0.3 is 0 Å². The average Bonchev–Trinajstić information content (AvgIpc) is 2.93. The molecule has 1 heterocycles. The predicted molar refractivity (Wildman–Crippen MR) is 90.0 cm³/mol. The van der Waals surface area contributed by atoms with Crippen molar-refractivity contribution in [3.8, 4) is 0 Å². The molecule has 0 saturated carbocycles. The second-order valence-electron chi connectivity index (χ2n) is 5.83. The Morgan fingerprint density at radius 2 is 2.18 bits per heavy atom. The van der Waals surface area contributed by atoms with Gasteiger partial charge in [-0.25, -0.2) is 0 Å². The van der Waals surface area contributed by atoms with Crippen molar-refractivity contribution in [1.29, 1.82) is 0 Å². The molecule has 1 aliphatic heterocycles. The van der Waals surface area contributed by atoms with E-state index in [0.29, 0.717) is 12.8 Å². The Morgan fingerprint density at radius 3 is 2.77 bits per heavy atom. The van der Waals surface area contributed by atoms with Gasteiger partial charge in [-0.2, -0.15) is 0 Å². The molecule has 2 amide bonds. The standard InChI is InChI=1S/C17H24N2O2S/c1-4-13(18-17(21)15-7-8-16(20)19-15)10-22-14-6-5-11(2)12(3)9-14/h5-6,9,13,15H,4,7-8,10H2,1-3H3,(H,18,21)(H,19,20)/t13-,15-/m1/s1. The number of hydrogen-bond donors (Lipinski definition) is 2. The van der Waals surface area contributed by atoms with Crippen LogP contribution in [0.25, 0.3) is 0 Å². The van der Waals surface area contributed by atoms with Gasteiger partial charge in [0.1, 0.15) is 6.04 Å². The van der Waals surface area contributed by atoms with E-state index in [4.69, 9.17) is 0 Å². The highest BCUT2D eigenvalue weighted by Gasteiger charge is 2.28. The SMILES string of the molecule is CC[C@H](CSc1ccc(C)c(C)c1)NC(=O)[C@H]1CCC(=O)N1. The van der Waals surface area contributed by atoms with E-state index in [9.17, 15) is 9.59 Å². The number of carbonyl (C=O) groups excluding carboxylic acids is 2. The zero-order chi connectivity index (χ0) is 16.1. The van der Waals surface area contributed by atoms with Crippen LogP contribution in [0.1, 0.15) is 37.3 Å². The first-order valence-corrected chi connectivity index (χ1v) is 8.78. The van der Waals surface area contributed by atoms with Crippen LogP contribution in [0, 0.1) is 13.8 Å². The largest absolute Gasteiger partial charge is 0.351 e. The van der Waals surface area contributed by atoms with Gasteiger partial charge in [0, 0.05) is 23.1 Å². The highest BCUT2D eigenvalue weighted by Crippen LogP contribution is 2.22. The van der Waals surface area contributed by atoms with E-state index in [1.165, 1.54) is 16.0 Å². The maximum atomic E-state index is 12.1. The van der Waals surface area contributed by atoms with Crippen molar-refractivity contribution in [1.82, 2.24) is 10.6 Å². The Hall–Kier alpha value is -1.49. The molecule has 1 aromatic rings. The number of aryl methyl sites for hydroxylation is 2. The van der Waals surface area contributed by atoms with Crippen LogP contribution in [0.15, 0.2) is 23.1 Å². The average molecular weight is 320 g/mol. The van der Waals surface area contributed by atoms with Crippen LogP contribution in [0.5, 0.6) is 0 Å². The fourth-order valence-electron chi connectivity index (χ4n) is 2.37. The molecule has 4 nitrogen and oxygen atoms in total. The summed E-state index contributed by atoms with van der Waals surface area (Å²) >= 11 is 1.76. The highest BCUT2D eigenvalue weighted by molar-refractivity contribution is 7.99. The lowest BCUT2D eigenvalue weighted by atomic mass is 10.1. The van der Waals surface area contributed by atoms with Crippen molar-refractivity contribution in [2.45, 2.75) is 57.0 Å². The molecule has 0 spiro atoms. The summed E-state index contributed by atoms with van der Waals surface area (Å²) in [5.41, 5.74) is 2.58. The van der Waals surface area contributed by atoms with Crippen molar-refractivity contribution < 1.29 is 9.59 Å². The van der Waals surface area contributed by atoms with Crippen LogP contribution in [-0.4, -0.2) is 29.7 Å². The molecular formula is C17H24N2O2S. The summed E-state index contributed by atoms with van der Waals surface area (Å²) in [5.74, 6) is 0.752. The van der Waals surface area contributed by atoms with Crippen molar-refractivity contribution in [2.75, 3.05) is 5.75 Å². The molecule has 120 valence electrons. The summed E-state index contributed by atoms with van der Waals surface area (Å²) in [6.07, 6.45) is 1.93. The summed E-state index contributed by atoms with van der Waals surface area (Å²) in [7, 11) is 0. The summed E-state index contributed by atoms with van der Waals surface area (Å²) in [5, 5.41) is 5.76. The number of carbonyl (C=O) groups is 2. The molecule has 2 rings (SSSR count). The van der Waals surface area contributed by atoms with E-state index in [1.54, 1.807) is 11.8 Å². The zero-order valence-corrected chi connectivity index (χ0v) is 14.3. The van der Waals surface area contributed by atoms with Crippen molar-refractivity contribution in [3.63, 3.8) is 0 Å². The highest BCUT2D eigenvalue weighted by atomic mass is 32.2. The molecule has 2 atom stereocenters. The summed E-state index contributed by atoms with van der Waals surface area (Å²) in [6.45, 7) is 6.29. The molecule has 0 unspecified atom stereocenters. The summed E-state index contributed by atoms with van der Waals surface area (Å²) in [6, 6.07) is 6.21. The van der Waals surface area contributed by atoms with Gasteiger partial charge in [-0.15, -0.1) is 11.8 Å². The van der Waals surface area contributed by atoms with Crippen LogP contribution in [0.4, 0.5) is 0 Å². The first-order chi connectivity index (χ1) is 10.5. The predicted octanol–water partition coefficient (Wildman–Crippen LogP) is 2.57. The molecule has 1 aromatic carbocycles. The van der Waals surface area contributed by atoms with Gasteiger partial charge in [0.15, 0.2) is 0 Å². The van der Waals surface area contributed by atoms with Crippen molar-refractivity contribution in [2.24, 2.45) is 0 Å². The van der Waals surface area contributed by atoms with Crippen LogP contribution in [0.3, 0.4) is 0 Å². The molecule has 1 aliphatic rings. The Labute approximate surface area is 136 Å². The minimum atomic E-state index is -0.354. The lowest BCUT2D eigenvalue weighted by molar-refractivity contribution is -0.126. The summed E-state index contributed by atoms with van der Waals surface area (Å²) in [4.78, 5) is 24.6. The Kier molecular flexibility index (Phi) is 5.89. The third-order valence-electron chi connectivity index (χ3n) is 4.08. The molecule has 0 aromatic heterocycles. The fraction of sp³-hybridized carbons (Fsp3) is 0.529. The van der Waals surface area contributed by atoms with Gasteiger partial charge in [0.05, 0.1) is 0 Å². The summed E-state index contributed by atoms with van der Waals surface area (Å²) < 4.78 is 0.